The fourth-order valence-corrected chi connectivity index (χ4v) is 3.63. The van der Waals surface area contributed by atoms with E-state index in [1.165, 1.54) is 4.88 Å². The lowest BCUT2D eigenvalue weighted by molar-refractivity contribution is 0.0320. The first kappa shape index (κ1) is 22.6. The Morgan fingerprint density at radius 1 is 1.32 bits per heavy atom. The Balaban J connectivity index is 0.00000312. The van der Waals surface area contributed by atoms with Crippen LogP contribution < -0.4 is 10.6 Å². The van der Waals surface area contributed by atoms with Crippen LogP contribution in [0, 0.1) is 19.8 Å². The number of hydrogen-bond donors (Lipinski definition) is 2. The molecule has 0 radical (unpaired) electrons. The number of halogens is 1. The molecule has 2 heterocycles. The lowest BCUT2D eigenvalue weighted by atomic mass is 10.1. The number of guanidine groups is 1. The van der Waals surface area contributed by atoms with E-state index < -0.39 is 0 Å². The van der Waals surface area contributed by atoms with Gasteiger partial charge in [-0.25, -0.2) is 9.98 Å². The molecule has 0 amide bonds. The molecule has 1 aromatic rings. The molecule has 6 nitrogen and oxygen atoms in total. The van der Waals surface area contributed by atoms with E-state index in [0.717, 1.165) is 62.6 Å². The van der Waals surface area contributed by atoms with Crippen molar-refractivity contribution in [3.05, 3.63) is 15.6 Å². The summed E-state index contributed by atoms with van der Waals surface area (Å²) >= 11 is 1.73. The van der Waals surface area contributed by atoms with Crippen LogP contribution >= 0.6 is 35.3 Å². The molecule has 0 bridgehead atoms. The first-order valence-electron chi connectivity index (χ1n) is 8.83. The Hall–Kier alpha value is -0.450. The van der Waals surface area contributed by atoms with E-state index in [2.05, 4.69) is 41.3 Å². The summed E-state index contributed by atoms with van der Waals surface area (Å²) in [5, 5.41) is 7.91. The van der Waals surface area contributed by atoms with Gasteiger partial charge in [0, 0.05) is 37.6 Å². The Labute approximate surface area is 172 Å². The van der Waals surface area contributed by atoms with Gasteiger partial charge in [-0.15, -0.1) is 35.3 Å². The van der Waals surface area contributed by atoms with E-state index >= 15 is 0 Å². The van der Waals surface area contributed by atoms with Crippen molar-refractivity contribution >= 4 is 41.3 Å². The van der Waals surface area contributed by atoms with Crippen LogP contribution in [-0.2, 0) is 11.3 Å². The van der Waals surface area contributed by atoms with Crippen LogP contribution in [0.3, 0.4) is 0 Å². The van der Waals surface area contributed by atoms with Gasteiger partial charge in [-0.2, -0.15) is 0 Å². The van der Waals surface area contributed by atoms with Gasteiger partial charge in [0.15, 0.2) is 5.96 Å². The SMILES string of the molecule is CCNC(=NCc1sc(C)nc1C)NCC(C)CN1CCOCC1.I. The molecule has 8 heteroatoms. The number of aryl methyl sites for hydroxylation is 2. The van der Waals surface area contributed by atoms with Gasteiger partial charge in [0.25, 0.3) is 0 Å². The van der Waals surface area contributed by atoms with Crippen molar-refractivity contribution in [1.29, 1.82) is 0 Å². The molecular weight excluding hydrogens is 449 g/mol. The summed E-state index contributed by atoms with van der Waals surface area (Å²) in [5.41, 5.74) is 1.10. The Kier molecular flexibility index (Phi) is 10.9. The molecule has 1 unspecified atom stereocenters. The van der Waals surface area contributed by atoms with Gasteiger partial charge in [0.2, 0.25) is 0 Å². The summed E-state index contributed by atoms with van der Waals surface area (Å²) in [6, 6.07) is 0. The zero-order valence-corrected chi connectivity index (χ0v) is 18.9. The van der Waals surface area contributed by atoms with Crippen molar-refractivity contribution in [3.8, 4) is 0 Å². The first-order chi connectivity index (χ1) is 11.6. The summed E-state index contributed by atoms with van der Waals surface area (Å²) in [6.07, 6.45) is 0. The van der Waals surface area contributed by atoms with E-state index in [1.54, 1.807) is 11.3 Å². The van der Waals surface area contributed by atoms with E-state index in [9.17, 15) is 0 Å². The highest BCUT2D eigenvalue weighted by atomic mass is 127. The van der Waals surface area contributed by atoms with Crippen LogP contribution in [0.25, 0.3) is 0 Å². The number of thiazole rings is 1. The minimum absolute atomic E-state index is 0. The van der Waals surface area contributed by atoms with Gasteiger partial charge in [0.05, 0.1) is 30.5 Å². The van der Waals surface area contributed by atoms with Crippen molar-refractivity contribution in [2.75, 3.05) is 45.9 Å². The third-order valence-corrected chi connectivity index (χ3v) is 5.07. The second-order valence-electron chi connectivity index (χ2n) is 6.34. The highest BCUT2D eigenvalue weighted by Gasteiger charge is 2.14. The number of rotatable bonds is 7. The van der Waals surface area contributed by atoms with Crippen LogP contribution in [0.15, 0.2) is 4.99 Å². The van der Waals surface area contributed by atoms with Gasteiger partial charge in [-0.1, -0.05) is 6.92 Å². The predicted octanol–water partition coefficient (Wildman–Crippen LogP) is 2.40. The quantitative estimate of drug-likeness (QED) is 0.356. The molecule has 0 spiro atoms. The van der Waals surface area contributed by atoms with E-state index in [0.29, 0.717) is 12.5 Å². The van der Waals surface area contributed by atoms with Crippen molar-refractivity contribution in [2.45, 2.75) is 34.2 Å². The Bertz CT molecular complexity index is 531. The summed E-state index contributed by atoms with van der Waals surface area (Å²) in [4.78, 5) is 12.9. The number of nitrogens with one attached hydrogen (secondary N) is 2. The molecule has 1 aliphatic rings. The summed E-state index contributed by atoms with van der Waals surface area (Å²) in [6.45, 7) is 15.8. The average Bonchev–Trinajstić information content (AvgIpc) is 2.88. The van der Waals surface area contributed by atoms with Crippen molar-refractivity contribution in [1.82, 2.24) is 20.5 Å². The highest BCUT2D eigenvalue weighted by molar-refractivity contribution is 14.0. The molecule has 2 rings (SSSR count). The molecular formula is C17H32IN5OS. The smallest absolute Gasteiger partial charge is 0.191 e. The molecule has 1 aliphatic heterocycles. The Morgan fingerprint density at radius 2 is 2.04 bits per heavy atom. The minimum atomic E-state index is 0. The molecule has 0 aromatic carbocycles. The molecule has 2 N–H and O–H groups in total. The first-order valence-corrected chi connectivity index (χ1v) is 9.65. The summed E-state index contributed by atoms with van der Waals surface area (Å²) in [5.74, 6) is 1.45. The van der Waals surface area contributed by atoms with E-state index in [1.807, 2.05) is 6.92 Å². The third kappa shape index (κ3) is 8.19. The number of aromatic nitrogens is 1. The van der Waals surface area contributed by atoms with Gasteiger partial charge >= 0.3 is 0 Å². The van der Waals surface area contributed by atoms with Gasteiger partial charge in [-0.3, -0.25) is 4.90 Å². The lowest BCUT2D eigenvalue weighted by Gasteiger charge is -2.29. The number of ether oxygens (including phenoxy) is 1. The molecule has 0 aliphatic carbocycles. The molecule has 1 aromatic heterocycles. The van der Waals surface area contributed by atoms with Crippen molar-refractivity contribution in [3.63, 3.8) is 0 Å². The zero-order chi connectivity index (χ0) is 17.4. The largest absolute Gasteiger partial charge is 0.379 e. The standard InChI is InChI=1S/C17H31N5OS.HI/c1-5-18-17(20-11-16-14(3)21-15(4)24-16)19-10-13(2)12-22-6-8-23-9-7-22;/h13H,5-12H2,1-4H3,(H2,18,19,20);1H. The van der Waals surface area contributed by atoms with Crippen LogP contribution in [0.4, 0.5) is 0 Å². The normalized spacial score (nSPS) is 17.0. The van der Waals surface area contributed by atoms with Crippen molar-refractivity contribution in [2.24, 2.45) is 10.9 Å². The molecule has 1 fully saturated rings. The maximum atomic E-state index is 5.41. The van der Waals surface area contributed by atoms with E-state index in [4.69, 9.17) is 9.73 Å². The number of nitrogens with zero attached hydrogens (tertiary/aromatic N) is 3. The second-order valence-corrected chi connectivity index (χ2v) is 7.62. The van der Waals surface area contributed by atoms with Crippen LogP contribution in [0.1, 0.15) is 29.4 Å². The fraction of sp³-hybridized carbons (Fsp3) is 0.765. The number of aliphatic imine (C=N–C) groups is 1. The maximum Gasteiger partial charge on any atom is 0.191 e. The third-order valence-electron chi connectivity index (χ3n) is 4.02. The molecule has 1 saturated heterocycles. The molecule has 1 atom stereocenters. The average molecular weight is 481 g/mol. The summed E-state index contributed by atoms with van der Waals surface area (Å²) in [7, 11) is 0. The van der Waals surface area contributed by atoms with Gasteiger partial charge in [0.1, 0.15) is 0 Å². The fourth-order valence-electron chi connectivity index (χ4n) is 2.77. The molecule has 25 heavy (non-hydrogen) atoms. The summed E-state index contributed by atoms with van der Waals surface area (Å²) < 4.78 is 5.41. The predicted molar refractivity (Wildman–Crippen MR) is 116 cm³/mol. The minimum Gasteiger partial charge on any atom is -0.379 e. The topological polar surface area (TPSA) is 61.8 Å². The van der Waals surface area contributed by atoms with E-state index in [-0.39, 0.29) is 24.0 Å². The zero-order valence-electron chi connectivity index (χ0n) is 15.8. The molecule has 0 saturated carbocycles. The van der Waals surface area contributed by atoms with Crippen LogP contribution in [0.5, 0.6) is 0 Å². The van der Waals surface area contributed by atoms with Crippen molar-refractivity contribution < 1.29 is 4.74 Å². The maximum absolute atomic E-state index is 5.41. The van der Waals surface area contributed by atoms with Crippen LogP contribution in [-0.4, -0.2) is 61.8 Å². The number of hydrogen-bond acceptors (Lipinski definition) is 5. The number of morpholine rings is 1. The lowest BCUT2D eigenvalue weighted by Crippen LogP contribution is -2.44. The van der Waals surface area contributed by atoms with Crippen LogP contribution in [0.2, 0.25) is 0 Å². The van der Waals surface area contributed by atoms with Gasteiger partial charge < -0.3 is 15.4 Å². The highest BCUT2D eigenvalue weighted by Crippen LogP contribution is 2.17. The monoisotopic (exact) mass is 481 g/mol. The molecule has 144 valence electrons. The van der Waals surface area contributed by atoms with Gasteiger partial charge in [-0.05, 0) is 26.7 Å². The second kappa shape index (κ2) is 12.0. The Morgan fingerprint density at radius 3 is 2.64 bits per heavy atom.